The Balaban J connectivity index is 2.78. The van der Waals surface area contributed by atoms with Crippen molar-refractivity contribution in [3.8, 4) is 0 Å². The van der Waals surface area contributed by atoms with E-state index in [4.69, 9.17) is 9.47 Å². The van der Waals surface area contributed by atoms with Gasteiger partial charge in [0.15, 0.2) is 0 Å². The number of esters is 1. The maximum absolute atomic E-state index is 13.2. The molecule has 1 aromatic carbocycles. The minimum atomic E-state index is -1.22. The number of carbonyl (C=O) groups excluding carboxylic acids is 2. The van der Waals surface area contributed by atoms with E-state index in [1.165, 1.54) is 4.90 Å². The molecule has 0 aliphatic carbocycles. The second-order valence-corrected chi connectivity index (χ2v) is 9.53. The van der Waals surface area contributed by atoms with Gasteiger partial charge in [-0.25, -0.2) is 9.59 Å². The van der Waals surface area contributed by atoms with Gasteiger partial charge in [0.2, 0.25) is 6.04 Å². The highest BCUT2D eigenvalue weighted by atomic mass is 79.9. The van der Waals surface area contributed by atoms with Crippen molar-refractivity contribution >= 4 is 28.0 Å². The zero-order valence-corrected chi connectivity index (χ0v) is 19.7. The Morgan fingerprint density at radius 3 is 2.33 bits per heavy atom. The minimum Gasteiger partial charge on any atom is -0.464 e. The van der Waals surface area contributed by atoms with Gasteiger partial charge in [-0.2, -0.15) is 0 Å². The predicted octanol–water partition coefficient (Wildman–Crippen LogP) is 4.59. The molecule has 0 radical (unpaired) electrons. The molecule has 1 aliphatic rings. The molecule has 8 nitrogen and oxygen atoms in total. The maximum Gasteiger partial charge on any atom is 0.411 e. The Morgan fingerprint density at radius 1 is 1.27 bits per heavy atom. The summed E-state index contributed by atoms with van der Waals surface area (Å²) in [5.74, 6) is -1.46. The summed E-state index contributed by atoms with van der Waals surface area (Å²) in [4.78, 5) is 39.3. The van der Waals surface area contributed by atoms with Crippen molar-refractivity contribution in [2.75, 3.05) is 6.61 Å². The lowest BCUT2D eigenvalue weighted by Crippen LogP contribution is -2.48. The molecule has 30 heavy (non-hydrogen) atoms. The summed E-state index contributed by atoms with van der Waals surface area (Å²) in [5, 5.41) is 12.3. The fourth-order valence-corrected chi connectivity index (χ4v) is 4.67. The Labute approximate surface area is 185 Å². The van der Waals surface area contributed by atoms with Crippen LogP contribution >= 0.6 is 15.9 Å². The van der Waals surface area contributed by atoms with Gasteiger partial charge < -0.3 is 9.47 Å². The zero-order chi connectivity index (χ0) is 22.8. The molecule has 0 saturated carbocycles. The Bertz CT molecular complexity index is 807. The molecule has 166 valence electrons. The van der Waals surface area contributed by atoms with Crippen LogP contribution in [0.25, 0.3) is 0 Å². The van der Waals surface area contributed by atoms with E-state index in [1.807, 2.05) is 20.8 Å². The molecular formula is C21H29BrN2O6. The quantitative estimate of drug-likeness (QED) is 0.344. The zero-order valence-electron chi connectivity index (χ0n) is 18.1. The topological polar surface area (TPSA) is 99.0 Å². The first-order valence-electron chi connectivity index (χ1n) is 9.95. The number of rotatable bonds is 5. The second-order valence-electron chi connectivity index (χ2n) is 8.67. The van der Waals surface area contributed by atoms with Crippen molar-refractivity contribution in [1.82, 2.24) is 4.90 Å². The van der Waals surface area contributed by atoms with E-state index < -0.39 is 52.5 Å². The van der Waals surface area contributed by atoms with Crippen LogP contribution in [0.5, 0.6) is 0 Å². The van der Waals surface area contributed by atoms with Gasteiger partial charge in [-0.3, -0.25) is 15.0 Å². The van der Waals surface area contributed by atoms with E-state index in [2.05, 4.69) is 15.9 Å². The molecule has 0 bridgehead atoms. The van der Waals surface area contributed by atoms with Crippen LogP contribution in [-0.4, -0.2) is 46.7 Å². The van der Waals surface area contributed by atoms with Crippen molar-refractivity contribution < 1.29 is 24.0 Å². The molecule has 1 amide bonds. The van der Waals surface area contributed by atoms with Crippen molar-refractivity contribution in [3.63, 3.8) is 0 Å². The summed E-state index contributed by atoms with van der Waals surface area (Å²) in [6.45, 7) is 10.6. The normalized spacial score (nSPS) is 24.1. The van der Waals surface area contributed by atoms with Crippen molar-refractivity contribution in [3.05, 3.63) is 44.4 Å². The average molecular weight is 485 g/mol. The summed E-state index contributed by atoms with van der Waals surface area (Å²) in [6, 6.07) is 3.62. The highest BCUT2D eigenvalue weighted by Crippen LogP contribution is 2.50. The van der Waals surface area contributed by atoms with Crippen molar-refractivity contribution in [2.24, 2.45) is 11.3 Å². The molecule has 1 heterocycles. The Morgan fingerprint density at radius 2 is 1.87 bits per heavy atom. The van der Waals surface area contributed by atoms with Crippen LogP contribution in [0.1, 0.15) is 53.1 Å². The SMILES string of the molecule is CCOC(=O)[C@@H]1[C@@H](C(C)(C)C)[C@H]([N+](=O)[O-])[C@H](c2ccccc2Br)N1C(=O)OC(C)C. The lowest BCUT2D eigenvalue weighted by molar-refractivity contribution is -0.536. The van der Waals surface area contributed by atoms with Crippen LogP contribution in [0.3, 0.4) is 0 Å². The molecule has 0 aromatic heterocycles. The lowest BCUT2D eigenvalue weighted by Gasteiger charge is -2.33. The van der Waals surface area contributed by atoms with E-state index in [9.17, 15) is 19.7 Å². The van der Waals surface area contributed by atoms with Gasteiger partial charge in [0, 0.05) is 9.40 Å². The summed E-state index contributed by atoms with van der Waals surface area (Å²) < 4.78 is 11.3. The lowest BCUT2D eigenvalue weighted by atomic mass is 9.73. The maximum atomic E-state index is 13.2. The highest BCUT2D eigenvalue weighted by Gasteiger charge is 2.64. The van der Waals surface area contributed by atoms with Crippen LogP contribution in [0.2, 0.25) is 0 Å². The second kappa shape index (κ2) is 9.32. The van der Waals surface area contributed by atoms with Gasteiger partial charge in [0.05, 0.1) is 18.6 Å². The summed E-state index contributed by atoms with van der Waals surface area (Å²) in [5.41, 5.74) is -0.123. The molecule has 2 rings (SSSR count). The third kappa shape index (κ3) is 4.77. The number of nitro groups is 1. The number of likely N-dealkylation sites (tertiary alicyclic amines) is 1. The van der Waals surface area contributed by atoms with Gasteiger partial charge in [-0.15, -0.1) is 0 Å². The van der Waals surface area contributed by atoms with Gasteiger partial charge in [0.25, 0.3) is 0 Å². The van der Waals surface area contributed by atoms with Crippen molar-refractivity contribution in [2.45, 2.75) is 65.8 Å². The van der Waals surface area contributed by atoms with Gasteiger partial charge in [-0.05, 0) is 37.8 Å². The first kappa shape index (κ1) is 24.1. The van der Waals surface area contributed by atoms with Crippen LogP contribution in [0.4, 0.5) is 4.79 Å². The summed E-state index contributed by atoms with van der Waals surface area (Å²) in [6.07, 6.45) is -1.23. The van der Waals surface area contributed by atoms with E-state index in [0.29, 0.717) is 10.0 Å². The monoisotopic (exact) mass is 484 g/mol. The Kier molecular flexibility index (Phi) is 7.49. The highest BCUT2D eigenvalue weighted by molar-refractivity contribution is 9.10. The first-order valence-corrected chi connectivity index (χ1v) is 10.7. The summed E-state index contributed by atoms with van der Waals surface area (Å²) >= 11 is 3.45. The predicted molar refractivity (Wildman–Crippen MR) is 114 cm³/mol. The Hall–Kier alpha value is -2.16. The fourth-order valence-electron chi connectivity index (χ4n) is 4.15. The number of hydrogen-bond acceptors (Lipinski definition) is 6. The molecule has 0 unspecified atom stereocenters. The van der Waals surface area contributed by atoms with E-state index in [-0.39, 0.29) is 6.61 Å². The van der Waals surface area contributed by atoms with E-state index in [1.54, 1.807) is 45.0 Å². The van der Waals surface area contributed by atoms with Crippen LogP contribution < -0.4 is 0 Å². The van der Waals surface area contributed by atoms with Gasteiger partial charge in [0.1, 0.15) is 12.1 Å². The molecule has 0 N–H and O–H groups in total. The van der Waals surface area contributed by atoms with E-state index in [0.717, 1.165) is 0 Å². The number of benzene rings is 1. The molecule has 1 aromatic rings. The van der Waals surface area contributed by atoms with E-state index >= 15 is 0 Å². The smallest absolute Gasteiger partial charge is 0.411 e. The molecule has 1 fully saturated rings. The number of nitrogens with zero attached hydrogens (tertiary/aromatic N) is 2. The minimum absolute atomic E-state index is 0.0993. The number of amides is 1. The van der Waals surface area contributed by atoms with Crippen LogP contribution in [0, 0.1) is 21.4 Å². The third-order valence-electron chi connectivity index (χ3n) is 5.17. The standard InChI is InChI=1S/C21H29BrN2O6/c1-7-29-19(25)18-15(21(4,5)6)17(24(27)28)16(13-10-8-9-11-14(13)22)23(18)20(26)30-12(2)3/h8-12,15-18H,7H2,1-6H3/t15-,16-,17-,18-/m0/s1. The number of carbonyl (C=O) groups is 2. The fraction of sp³-hybridized carbons (Fsp3) is 0.619. The largest absolute Gasteiger partial charge is 0.464 e. The number of ether oxygens (including phenoxy) is 2. The third-order valence-corrected chi connectivity index (χ3v) is 5.90. The van der Waals surface area contributed by atoms with Gasteiger partial charge in [-0.1, -0.05) is 54.9 Å². The van der Waals surface area contributed by atoms with Crippen LogP contribution in [0.15, 0.2) is 28.7 Å². The first-order chi connectivity index (χ1) is 13.9. The van der Waals surface area contributed by atoms with Gasteiger partial charge >= 0.3 is 12.1 Å². The molecular weight excluding hydrogens is 456 g/mol. The number of halogens is 1. The average Bonchev–Trinajstić information content (AvgIpc) is 2.98. The molecule has 1 aliphatic heterocycles. The molecule has 0 spiro atoms. The molecule has 1 saturated heterocycles. The van der Waals surface area contributed by atoms with Crippen LogP contribution in [-0.2, 0) is 14.3 Å². The summed E-state index contributed by atoms with van der Waals surface area (Å²) in [7, 11) is 0. The number of hydrogen-bond donors (Lipinski definition) is 0. The van der Waals surface area contributed by atoms with Crippen molar-refractivity contribution in [1.29, 1.82) is 0 Å². The molecule has 4 atom stereocenters. The molecule has 9 heteroatoms.